The number of aromatic carboxylic acids is 1. The number of amides is 1. The summed E-state index contributed by atoms with van der Waals surface area (Å²) in [5.74, 6) is -1.49. The quantitative estimate of drug-likeness (QED) is 0.765. The van der Waals surface area contributed by atoms with Crippen LogP contribution in [0, 0.1) is 0 Å². The lowest BCUT2D eigenvalue weighted by Crippen LogP contribution is -2.50. The van der Waals surface area contributed by atoms with E-state index < -0.39 is 29.0 Å². The van der Waals surface area contributed by atoms with Gasteiger partial charge in [0.05, 0.1) is 18.1 Å². The van der Waals surface area contributed by atoms with E-state index in [9.17, 15) is 19.5 Å². The van der Waals surface area contributed by atoms with Crippen LogP contribution in [0.3, 0.4) is 0 Å². The summed E-state index contributed by atoms with van der Waals surface area (Å²) in [5.41, 5.74) is -0.903. The monoisotopic (exact) mass is 413 g/mol. The van der Waals surface area contributed by atoms with Crippen molar-refractivity contribution in [2.75, 3.05) is 20.2 Å². The molecule has 2 aromatic carbocycles. The first kappa shape index (κ1) is 21.6. The summed E-state index contributed by atoms with van der Waals surface area (Å²) >= 11 is 0. The molecule has 0 unspecified atom stereocenters. The van der Waals surface area contributed by atoms with Crippen molar-refractivity contribution in [1.29, 1.82) is 0 Å². The van der Waals surface area contributed by atoms with E-state index in [0.29, 0.717) is 36.9 Å². The largest absolute Gasteiger partial charge is 0.478 e. The Kier molecular flexibility index (Phi) is 5.74. The fourth-order valence-electron chi connectivity index (χ4n) is 3.97. The molecule has 7 heteroatoms. The molecule has 1 fully saturated rings. The van der Waals surface area contributed by atoms with Gasteiger partial charge in [-0.05, 0) is 62.1 Å². The Balaban J connectivity index is 2.00. The highest BCUT2D eigenvalue weighted by Crippen LogP contribution is 2.39. The van der Waals surface area contributed by atoms with Crippen LogP contribution in [-0.4, -0.2) is 53.8 Å². The van der Waals surface area contributed by atoms with Crippen molar-refractivity contribution in [2.24, 2.45) is 0 Å². The van der Waals surface area contributed by atoms with Crippen molar-refractivity contribution < 1.29 is 29.0 Å². The lowest BCUT2D eigenvalue weighted by atomic mass is 9.72. The van der Waals surface area contributed by atoms with Crippen molar-refractivity contribution in [3.63, 3.8) is 0 Å². The van der Waals surface area contributed by atoms with Crippen LogP contribution < -0.4 is 0 Å². The normalized spacial score (nSPS) is 16.2. The van der Waals surface area contributed by atoms with Gasteiger partial charge >= 0.3 is 18.0 Å². The Morgan fingerprint density at radius 1 is 1.07 bits per heavy atom. The molecule has 0 bridgehead atoms. The zero-order chi connectivity index (χ0) is 22.1. The predicted molar refractivity (Wildman–Crippen MR) is 112 cm³/mol. The van der Waals surface area contributed by atoms with E-state index >= 15 is 0 Å². The van der Waals surface area contributed by atoms with Gasteiger partial charge in [0.25, 0.3) is 0 Å². The molecule has 0 aliphatic carbocycles. The Hall–Kier alpha value is -3.09. The molecule has 2 aromatic rings. The highest BCUT2D eigenvalue weighted by Gasteiger charge is 2.45. The zero-order valence-electron chi connectivity index (χ0n) is 17.7. The van der Waals surface area contributed by atoms with Crippen LogP contribution in [0.2, 0.25) is 0 Å². The van der Waals surface area contributed by atoms with Crippen molar-refractivity contribution in [2.45, 2.75) is 44.6 Å². The first-order valence-electron chi connectivity index (χ1n) is 9.90. The maximum absolute atomic E-state index is 12.9. The van der Waals surface area contributed by atoms with Crippen molar-refractivity contribution in [1.82, 2.24) is 4.90 Å². The molecule has 3 rings (SSSR count). The Labute approximate surface area is 175 Å². The molecule has 1 aliphatic rings. The van der Waals surface area contributed by atoms with Gasteiger partial charge in [0.2, 0.25) is 0 Å². The fraction of sp³-hybridized carbons (Fsp3) is 0.435. The summed E-state index contributed by atoms with van der Waals surface area (Å²) in [6.45, 7) is 6.01. The maximum Gasteiger partial charge on any atom is 0.410 e. The third-order valence-corrected chi connectivity index (χ3v) is 5.49. The SMILES string of the molecule is COC(=O)C1(c2cc(C(=O)O)c3ccccc3c2)CCN(C(=O)OC(C)(C)C)CC1. The molecule has 1 heterocycles. The topological polar surface area (TPSA) is 93.1 Å². The summed E-state index contributed by atoms with van der Waals surface area (Å²) in [6.07, 6.45) is 0.206. The van der Waals surface area contributed by atoms with Crippen LogP contribution in [0.15, 0.2) is 36.4 Å². The number of likely N-dealkylation sites (tertiary alicyclic amines) is 1. The number of carboxylic acids is 1. The lowest BCUT2D eigenvalue weighted by molar-refractivity contribution is -0.149. The summed E-state index contributed by atoms with van der Waals surface area (Å²) in [4.78, 5) is 38.8. The van der Waals surface area contributed by atoms with Crippen LogP contribution in [0.4, 0.5) is 4.79 Å². The number of nitrogens with zero attached hydrogens (tertiary/aromatic N) is 1. The minimum atomic E-state index is -1.06. The van der Waals surface area contributed by atoms with E-state index in [1.165, 1.54) is 7.11 Å². The summed E-state index contributed by atoms with van der Waals surface area (Å²) in [5, 5.41) is 11.1. The summed E-state index contributed by atoms with van der Waals surface area (Å²) < 4.78 is 10.6. The van der Waals surface area contributed by atoms with Gasteiger partial charge in [-0.15, -0.1) is 0 Å². The molecule has 1 saturated heterocycles. The minimum absolute atomic E-state index is 0.140. The van der Waals surface area contributed by atoms with E-state index in [1.807, 2.05) is 18.2 Å². The van der Waals surface area contributed by atoms with Crippen LogP contribution in [0.5, 0.6) is 0 Å². The standard InChI is InChI=1S/C23H27NO6/c1-22(2,3)30-21(28)24-11-9-23(10-12-24,20(27)29-4)16-13-15-7-5-6-8-17(15)18(14-16)19(25)26/h5-8,13-14H,9-12H2,1-4H3,(H,25,26). The Morgan fingerprint density at radius 3 is 2.27 bits per heavy atom. The van der Waals surface area contributed by atoms with E-state index in [1.54, 1.807) is 43.9 Å². The third-order valence-electron chi connectivity index (χ3n) is 5.49. The Bertz CT molecular complexity index is 983. The lowest BCUT2D eigenvalue weighted by Gasteiger charge is -2.40. The highest BCUT2D eigenvalue weighted by molar-refractivity contribution is 6.04. The predicted octanol–water partition coefficient (Wildman–Crippen LogP) is 3.98. The second-order valence-electron chi connectivity index (χ2n) is 8.59. The third kappa shape index (κ3) is 4.10. The van der Waals surface area contributed by atoms with Gasteiger partial charge in [0.1, 0.15) is 5.60 Å². The van der Waals surface area contributed by atoms with Gasteiger partial charge in [-0.1, -0.05) is 24.3 Å². The van der Waals surface area contributed by atoms with E-state index in [0.717, 1.165) is 5.39 Å². The molecular formula is C23H27NO6. The van der Waals surface area contributed by atoms with Gasteiger partial charge in [0, 0.05) is 13.1 Å². The van der Waals surface area contributed by atoms with E-state index in [2.05, 4.69) is 0 Å². The summed E-state index contributed by atoms with van der Waals surface area (Å²) in [6, 6.07) is 10.6. The number of rotatable bonds is 3. The average molecular weight is 413 g/mol. The molecule has 160 valence electrons. The number of carboxylic acid groups (broad SMARTS) is 1. The van der Waals surface area contributed by atoms with Crippen LogP contribution in [0.25, 0.3) is 10.8 Å². The molecule has 1 N–H and O–H groups in total. The van der Waals surface area contributed by atoms with Gasteiger partial charge in [-0.25, -0.2) is 9.59 Å². The Morgan fingerprint density at radius 2 is 1.70 bits per heavy atom. The second-order valence-corrected chi connectivity index (χ2v) is 8.59. The number of hydrogen-bond acceptors (Lipinski definition) is 5. The molecule has 1 amide bonds. The number of hydrogen-bond donors (Lipinski definition) is 1. The first-order chi connectivity index (χ1) is 14.1. The number of carbonyl (C=O) groups is 3. The first-order valence-corrected chi connectivity index (χ1v) is 9.90. The molecule has 0 radical (unpaired) electrons. The van der Waals surface area contributed by atoms with Gasteiger partial charge in [-0.2, -0.15) is 0 Å². The van der Waals surface area contributed by atoms with E-state index in [4.69, 9.17) is 9.47 Å². The molecule has 1 aliphatic heterocycles. The second kappa shape index (κ2) is 7.97. The number of esters is 1. The molecule has 7 nitrogen and oxygen atoms in total. The van der Waals surface area contributed by atoms with Crippen LogP contribution in [0.1, 0.15) is 49.5 Å². The molecule has 0 aromatic heterocycles. The minimum Gasteiger partial charge on any atom is -0.478 e. The number of ether oxygens (including phenoxy) is 2. The molecular weight excluding hydrogens is 386 g/mol. The number of methoxy groups -OCH3 is 1. The zero-order valence-corrected chi connectivity index (χ0v) is 17.7. The van der Waals surface area contributed by atoms with Crippen LogP contribution >= 0.6 is 0 Å². The van der Waals surface area contributed by atoms with Gasteiger partial charge in [0.15, 0.2) is 0 Å². The molecule has 0 atom stereocenters. The van der Waals surface area contributed by atoms with Gasteiger partial charge in [-0.3, -0.25) is 4.79 Å². The average Bonchev–Trinajstić information content (AvgIpc) is 2.71. The maximum atomic E-state index is 12.9. The smallest absolute Gasteiger partial charge is 0.410 e. The summed E-state index contributed by atoms with van der Waals surface area (Å²) in [7, 11) is 1.32. The molecule has 30 heavy (non-hydrogen) atoms. The van der Waals surface area contributed by atoms with E-state index in [-0.39, 0.29) is 5.56 Å². The number of piperidine rings is 1. The van der Waals surface area contributed by atoms with Crippen molar-refractivity contribution >= 4 is 28.8 Å². The van der Waals surface area contributed by atoms with Crippen molar-refractivity contribution in [3.8, 4) is 0 Å². The number of benzene rings is 2. The molecule has 0 saturated carbocycles. The molecule has 0 spiro atoms. The fourth-order valence-corrected chi connectivity index (χ4v) is 3.97. The highest BCUT2D eigenvalue weighted by atomic mass is 16.6. The van der Waals surface area contributed by atoms with Crippen molar-refractivity contribution in [3.05, 3.63) is 47.5 Å². The van der Waals surface area contributed by atoms with Crippen LogP contribution in [-0.2, 0) is 19.7 Å². The van der Waals surface area contributed by atoms with Gasteiger partial charge < -0.3 is 19.5 Å². The number of carbonyl (C=O) groups excluding carboxylic acids is 2. The number of fused-ring (bicyclic) bond motifs is 1.